The standard InChI is InChI=1S/C13H27N3O2S/c1-13(6-2-3-7-13)11-15-19(17,18)16-8-4-12(10-14)5-9-16/h12,15H,2-11,14H2,1H3. The summed E-state index contributed by atoms with van der Waals surface area (Å²) < 4.78 is 28.9. The van der Waals surface area contributed by atoms with Crippen LogP contribution in [-0.4, -0.2) is 38.9 Å². The van der Waals surface area contributed by atoms with Crippen LogP contribution >= 0.6 is 0 Å². The summed E-state index contributed by atoms with van der Waals surface area (Å²) in [6, 6.07) is 0. The lowest BCUT2D eigenvalue weighted by Crippen LogP contribution is -2.47. The summed E-state index contributed by atoms with van der Waals surface area (Å²) in [4.78, 5) is 0. The second-order valence-electron chi connectivity index (χ2n) is 6.42. The Balaban J connectivity index is 1.85. The van der Waals surface area contributed by atoms with Crippen molar-refractivity contribution in [1.29, 1.82) is 0 Å². The van der Waals surface area contributed by atoms with Gasteiger partial charge in [-0.25, -0.2) is 4.72 Å². The SMILES string of the molecule is CC1(CNS(=O)(=O)N2CCC(CN)CC2)CCCC1. The number of piperidine rings is 1. The van der Waals surface area contributed by atoms with Crippen molar-refractivity contribution in [2.45, 2.75) is 45.4 Å². The molecule has 2 aliphatic rings. The molecule has 0 atom stereocenters. The van der Waals surface area contributed by atoms with Crippen molar-refractivity contribution >= 4 is 10.2 Å². The first-order valence-corrected chi connectivity index (χ1v) is 8.84. The number of hydrogen-bond acceptors (Lipinski definition) is 3. The molecule has 1 heterocycles. The van der Waals surface area contributed by atoms with Crippen molar-refractivity contribution in [3.05, 3.63) is 0 Å². The maximum atomic E-state index is 12.3. The Bertz CT molecular complexity index is 383. The van der Waals surface area contributed by atoms with E-state index in [1.165, 1.54) is 12.8 Å². The Morgan fingerprint density at radius 3 is 2.37 bits per heavy atom. The summed E-state index contributed by atoms with van der Waals surface area (Å²) in [6.07, 6.45) is 6.47. The third-order valence-electron chi connectivity index (χ3n) is 4.74. The van der Waals surface area contributed by atoms with Crippen LogP contribution in [0.3, 0.4) is 0 Å². The molecule has 19 heavy (non-hydrogen) atoms. The maximum absolute atomic E-state index is 12.3. The third-order valence-corrected chi connectivity index (χ3v) is 6.29. The van der Waals surface area contributed by atoms with Crippen LogP contribution < -0.4 is 10.5 Å². The Morgan fingerprint density at radius 2 is 1.84 bits per heavy atom. The molecular formula is C13H27N3O2S. The van der Waals surface area contributed by atoms with Crippen molar-refractivity contribution in [2.24, 2.45) is 17.1 Å². The molecule has 0 unspecified atom stereocenters. The summed E-state index contributed by atoms with van der Waals surface area (Å²) in [5.41, 5.74) is 5.79. The molecule has 112 valence electrons. The van der Waals surface area contributed by atoms with Crippen molar-refractivity contribution in [3.63, 3.8) is 0 Å². The van der Waals surface area contributed by atoms with Crippen molar-refractivity contribution in [2.75, 3.05) is 26.2 Å². The van der Waals surface area contributed by atoms with Crippen molar-refractivity contribution in [1.82, 2.24) is 9.03 Å². The lowest BCUT2D eigenvalue weighted by Gasteiger charge is -2.32. The molecule has 1 aliphatic carbocycles. The quantitative estimate of drug-likeness (QED) is 0.795. The Hall–Kier alpha value is -0.170. The topological polar surface area (TPSA) is 75.4 Å². The van der Waals surface area contributed by atoms with Crippen LogP contribution in [0.15, 0.2) is 0 Å². The molecule has 5 nitrogen and oxygen atoms in total. The minimum Gasteiger partial charge on any atom is -0.330 e. The fourth-order valence-electron chi connectivity index (χ4n) is 3.15. The fourth-order valence-corrected chi connectivity index (χ4v) is 4.55. The molecule has 0 aromatic rings. The highest BCUT2D eigenvalue weighted by atomic mass is 32.2. The molecule has 0 aromatic carbocycles. The number of rotatable bonds is 5. The van der Waals surface area contributed by atoms with Gasteiger partial charge in [-0.1, -0.05) is 19.8 Å². The molecule has 2 rings (SSSR count). The van der Waals surface area contributed by atoms with Crippen LogP contribution in [0.1, 0.15) is 45.4 Å². The Labute approximate surface area is 117 Å². The zero-order valence-electron chi connectivity index (χ0n) is 11.9. The number of hydrogen-bond donors (Lipinski definition) is 2. The highest BCUT2D eigenvalue weighted by Crippen LogP contribution is 2.36. The zero-order chi connectivity index (χ0) is 13.9. The minimum absolute atomic E-state index is 0.155. The smallest absolute Gasteiger partial charge is 0.279 e. The lowest BCUT2D eigenvalue weighted by atomic mass is 9.89. The van der Waals surface area contributed by atoms with Gasteiger partial charge in [0.25, 0.3) is 10.2 Å². The lowest BCUT2D eigenvalue weighted by molar-refractivity contribution is 0.270. The molecular weight excluding hydrogens is 262 g/mol. The predicted octanol–water partition coefficient (Wildman–Crippen LogP) is 1.07. The second kappa shape index (κ2) is 6.08. The largest absolute Gasteiger partial charge is 0.330 e. The monoisotopic (exact) mass is 289 g/mol. The van der Waals surface area contributed by atoms with Gasteiger partial charge >= 0.3 is 0 Å². The summed E-state index contributed by atoms with van der Waals surface area (Å²) >= 11 is 0. The average molecular weight is 289 g/mol. The molecule has 0 bridgehead atoms. The molecule has 0 amide bonds. The highest BCUT2D eigenvalue weighted by Gasteiger charge is 2.32. The van der Waals surface area contributed by atoms with E-state index in [2.05, 4.69) is 11.6 Å². The van der Waals surface area contributed by atoms with Crippen molar-refractivity contribution in [3.8, 4) is 0 Å². The molecule has 0 aromatic heterocycles. The second-order valence-corrected chi connectivity index (χ2v) is 8.18. The fraction of sp³-hybridized carbons (Fsp3) is 1.00. The molecule has 6 heteroatoms. The van der Waals surface area contributed by atoms with Gasteiger partial charge in [0.2, 0.25) is 0 Å². The van der Waals surface area contributed by atoms with Gasteiger partial charge in [0.15, 0.2) is 0 Å². The number of nitrogens with zero attached hydrogens (tertiary/aromatic N) is 1. The van der Waals surface area contributed by atoms with Crippen molar-refractivity contribution < 1.29 is 8.42 Å². The van der Waals surface area contributed by atoms with Gasteiger partial charge in [0.05, 0.1) is 0 Å². The number of nitrogens with two attached hydrogens (primary N) is 1. The van der Waals surface area contributed by atoms with Gasteiger partial charge in [0.1, 0.15) is 0 Å². The van der Waals surface area contributed by atoms with Crippen LogP contribution in [0, 0.1) is 11.3 Å². The first-order valence-electron chi connectivity index (χ1n) is 7.40. The Morgan fingerprint density at radius 1 is 1.26 bits per heavy atom. The normalized spacial score (nSPS) is 25.8. The zero-order valence-corrected chi connectivity index (χ0v) is 12.7. The van der Waals surface area contributed by atoms with E-state index in [9.17, 15) is 8.42 Å². The van der Waals surface area contributed by atoms with E-state index in [0.717, 1.165) is 25.7 Å². The van der Waals surface area contributed by atoms with E-state index in [-0.39, 0.29) is 5.41 Å². The first-order chi connectivity index (χ1) is 8.95. The Kier molecular flexibility index (Phi) is 4.87. The van der Waals surface area contributed by atoms with E-state index in [1.807, 2.05) is 0 Å². The van der Waals surface area contributed by atoms with Gasteiger partial charge in [-0.2, -0.15) is 12.7 Å². The van der Waals surface area contributed by atoms with E-state index in [0.29, 0.717) is 32.1 Å². The summed E-state index contributed by atoms with van der Waals surface area (Å²) in [7, 11) is -3.30. The van der Waals surface area contributed by atoms with E-state index in [4.69, 9.17) is 5.73 Å². The molecule has 1 aliphatic heterocycles. The van der Waals surface area contributed by atoms with E-state index in [1.54, 1.807) is 4.31 Å². The molecule has 3 N–H and O–H groups in total. The highest BCUT2D eigenvalue weighted by molar-refractivity contribution is 7.87. The van der Waals surface area contributed by atoms with Crippen LogP contribution in [0.2, 0.25) is 0 Å². The van der Waals surface area contributed by atoms with Gasteiger partial charge in [-0.3, -0.25) is 0 Å². The first kappa shape index (κ1) is 15.2. The van der Waals surface area contributed by atoms with Crippen LogP contribution in [-0.2, 0) is 10.2 Å². The molecule has 0 radical (unpaired) electrons. The average Bonchev–Trinajstić information content (AvgIpc) is 2.84. The van der Waals surface area contributed by atoms with Gasteiger partial charge in [-0.15, -0.1) is 0 Å². The van der Waals surface area contributed by atoms with Crippen LogP contribution in [0.5, 0.6) is 0 Å². The maximum Gasteiger partial charge on any atom is 0.279 e. The minimum atomic E-state index is -3.30. The van der Waals surface area contributed by atoms with Gasteiger partial charge in [-0.05, 0) is 43.6 Å². The summed E-state index contributed by atoms with van der Waals surface area (Å²) in [5, 5.41) is 0. The van der Waals surface area contributed by atoms with Gasteiger partial charge in [0, 0.05) is 19.6 Å². The molecule has 0 spiro atoms. The van der Waals surface area contributed by atoms with Gasteiger partial charge < -0.3 is 5.73 Å². The molecule has 1 saturated carbocycles. The molecule has 1 saturated heterocycles. The number of nitrogens with one attached hydrogen (secondary N) is 1. The van der Waals surface area contributed by atoms with Crippen LogP contribution in [0.4, 0.5) is 0 Å². The van der Waals surface area contributed by atoms with E-state index >= 15 is 0 Å². The summed E-state index contributed by atoms with van der Waals surface area (Å²) in [6.45, 7) is 4.64. The predicted molar refractivity (Wildman–Crippen MR) is 76.8 cm³/mol. The van der Waals surface area contributed by atoms with E-state index < -0.39 is 10.2 Å². The molecule has 2 fully saturated rings. The third kappa shape index (κ3) is 3.90. The van der Waals surface area contributed by atoms with Crippen LogP contribution in [0.25, 0.3) is 0 Å². The summed E-state index contributed by atoms with van der Waals surface area (Å²) in [5.74, 6) is 0.485.